The van der Waals surface area contributed by atoms with Crippen molar-refractivity contribution >= 4 is 29.3 Å². The largest absolute Gasteiger partial charge is 0.455 e. The van der Waals surface area contributed by atoms with E-state index in [0.29, 0.717) is 0 Å². The molecule has 2 rings (SSSR count). The third kappa shape index (κ3) is 6.90. The monoisotopic (exact) mass is 395 g/mol. The van der Waals surface area contributed by atoms with Crippen molar-refractivity contribution in [3.8, 4) is 5.75 Å². The first-order valence-corrected chi connectivity index (χ1v) is 9.03. The van der Waals surface area contributed by atoms with Crippen molar-refractivity contribution in [1.29, 1.82) is 0 Å². The number of aryl methyl sites for hydroxylation is 2. The minimum atomic E-state index is -3.01. The van der Waals surface area contributed by atoms with Gasteiger partial charge in [-0.2, -0.15) is 8.78 Å². The molecule has 0 radical (unpaired) electrons. The van der Waals surface area contributed by atoms with E-state index >= 15 is 0 Å². The zero-order valence-electron chi connectivity index (χ0n) is 14.8. The van der Waals surface area contributed by atoms with Crippen LogP contribution in [0.1, 0.15) is 11.1 Å². The number of para-hydroxylation sites is 2. The van der Waals surface area contributed by atoms with Crippen LogP contribution < -0.4 is 10.1 Å². The Bertz CT molecular complexity index is 814. The molecule has 1 amide bonds. The predicted octanol–water partition coefficient (Wildman–Crippen LogP) is 4.18. The molecule has 5 nitrogen and oxygen atoms in total. The number of rotatable bonds is 8. The molecule has 0 saturated carbocycles. The fourth-order valence-electron chi connectivity index (χ4n) is 2.14. The molecule has 0 saturated heterocycles. The summed E-state index contributed by atoms with van der Waals surface area (Å²) in [4.78, 5) is 24.7. The number of hydrogen-bond acceptors (Lipinski definition) is 5. The molecule has 0 spiro atoms. The molecular formula is C19H19F2NO4S. The quantitative estimate of drug-likeness (QED) is 0.537. The number of benzene rings is 2. The van der Waals surface area contributed by atoms with E-state index in [1.54, 1.807) is 6.07 Å². The average Bonchev–Trinajstić information content (AvgIpc) is 2.62. The molecule has 0 aliphatic carbocycles. The molecule has 144 valence electrons. The summed E-state index contributed by atoms with van der Waals surface area (Å²) in [7, 11) is 0. The van der Waals surface area contributed by atoms with Crippen LogP contribution in [0.15, 0.2) is 47.4 Å². The second kappa shape index (κ2) is 9.91. The lowest BCUT2D eigenvalue weighted by atomic mass is 10.2. The number of hydrogen-bond donors (Lipinski definition) is 1. The lowest BCUT2D eigenvalue weighted by molar-refractivity contribution is -0.144. The van der Waals surface area contributed by atoms with Crippen molar-refractivity contribution in [2.45, 2.75) is 25.4 Å². The van der Waals surface area contributed by atoms with Crippen LogP contribution in [-0.2, 0) is 14.3 Å². The van der Waals surface area contributed by atoms with Crippen molar-refractivity contribution < 1.29 is 27.8 Å². The normalized spacial score (nSPS) is 10.6. The van der Waals surface area contributed by atoms with Crippen LogP contribution in [-0.4, -0.2) is 30.8 Å². The van der Waals surface area contributed by atoms with Crippen molar-refractivity contribution in [3.63, 3.8) is 0 Å². The van der Waals surface area contributed by atoms with Gasteiger partial charge in [-0.25, -0.2) is 0 Å². The van der Waals surface area contributed by atoms with E-state index < -0.39 is 25.1 Å². The van der Waals surface area contributed by atoms with E-state index in [1.807, 2.05) is 32.0 Å². The standard InChI is InChI=1S/C19H19F2NO4S/c1-12-7-8-13(2)16(9-12)27-11-18(24)25-10-17(23)22-14-5-3-4-6-15(14)26-19(20)21/h3-9,19H,10-11H2,1-2H3,(H,22,23). The number of halogens is 2. The van der Waals surface area contributed by atoms with Gasteiger partial charge >= 0.3 is 12.6 Å². The molecule has 1 N–H and O–H groups in total. The van der Waals surface area contributed by atoms with Crippen LogP contribution in [0.3, 0.4) is 0 Å². The number of anilines is 1. The first-order valence-electron chi connectivity index (χ1n) is 8.04. The van der Waals surface area contributed by atoms with Gasteiger partial charge in [0.2, 0.25) is 0 Å². The Morgan fingerprint density at radius 3 is 2.63 bits per heavy atom. The van der Waals surface area contributed by atoms with E-state index in [4.69, 9.17) is 4.74 Å². The Kier molecular flexibility index (Phi) is 7.60. The molecule has 0 aliphatic heterocycles. The lowest BCUT2D eigenvalue weighted by Crippen LogP contribution is -2.22. The van der Waals surface area contributed by atoms with Crippen molar-refractivity contribution in [1.82, 2.24) is 0 Å². The molecule has 0 aliphatic rings. The third-order valence-corrected chi connectivity index (χ3v) is 4.56. The number of amides is 1. The summed E-state index contributed by atoms with van der Waals surface area (Å²) < 4.78 is 34.0. The molecule has 0 fully saturated rings. The summed E-state index contributed by atoms with van der Waals surface area (Å²) in [5.74, 6) is -1.31. The number of ether oxygens (including phenoxy) is 2. The molecule has 0 aromatic heterocycles. The number of nitrogens with one attached hydrogen (secondary N) is 1. The average molecular weight is 395 g/mol. The van der Waals surface area contributed by atoms with Crippen LogP contribution in [0.25, 0.3) is 0 Å². The molecule has 8 heteroatoms. The van der Waals surface area contributed by atoms with Gasteiger partial charge in [-0.1, -0.05) is 29.8 Å². The summed E-state index contributed by atoms with van der Waals surface area (Å²) in [6.07, 6.45) is 0. The van der Waals surface area contributed by atoms with E-state index in [2.05, 4.69) is 10.1 Å². The zero-order chi connectivity index (χ0) is 19.8. The molecule has 0 bridgehead atoms. The molecule has 0 heterocycles. The van der Waals surface area contributed by atoms with E-state index in [1.165, 1.54) is 30.0 Å². The molecule has 0 atom stereocenters. The fraction of sp³-hybridized carbons (Fsp3) is 0.263. The van der Waals surface area contributed by atoms with Crippen LogP contribution >= 0.6 is 11.8 Å². The zero-order valence-corrected chi connectivity index (χ0v) is 15.6. The van der Waals surface area contributed by atoms with Gasteiger partial charge in [0.25, 0.3) is 5.91 Å². The summed E-state index contributed by atoms with van der Waals surface area (Å²) in [5.41, 5.74) is 2.20. The highest BCUT2D eigenvalue weighted by atomic mass is 32.2. The van der Waals surface area contributed by atoms with Gasteiger partial charge in [-0.3, -0.25) is 9.59 Å². The second-order valence-electron chi connectivity index (χ2n) is 5.64. The molecule has 27 heavy (non-hydrogen) atoms. The van der Waals surface area contributed by atoms with Gasteiger partial charge in [0.15, 0.2) is 6.61 Å². The van der Waals surface area contributed by atoms with Gasteiger partial charge in [0, 0.05) is 4.90 Å². The fourth-order valence-corrected chi connectivity index (χ4v) is 3.06. The molecule has 2 aromatic carbocycles. The number of esters is 1. The number of carbonyl (C=O) groups excluding carboxylic acids is 2. The summed E-state index contributed by atoms with van der Waals surface area (Å²) in [6, 6.07) is 11.7. The van der Waals surface area contributed by atoms with Gasteiger partial charge in [0.1, 0.15) is 5.75 Å². The van der Waals surface area contributed by atoms with Crippen LogP contribution in [0.2, 0.25) is 0 Å². The van der Waals surface area contributed by atoms with Gasteiger partial charge in [0.05, 0.1) is 11.4 Å². The van der Waals surface area contributed by atoms with E-state index in [-0.39, 0.29) is 17.2 Å². The minimum absolute atomic E-state index is 0.0582. The third-order valence-electron chi connectivity index (χ3n) is 3.43. The maximum Gasteiger partial charge on any atom is 0.387 e. The first-order chi connectivity index (χ1) is 12.8. The van der Waals surface area contributed by atoms with Crippen LogP contribution in [0.4, 0.5) is 14.5 Å². The Balaban J connectivity index is 1.82. The maximum atomic E-state index is 12.4. The van der Waals surface area contributed by atoms with E-state index in [9.17, 15) is 18.4 Å². The molecule has 2 aromatic rings. The summed E-state index contributed by atoms with van der Waals surface area (Å²) >= 11 is 1.32. The predicted molar refractivity (Wildman–Crippen MR) is 99.3 cm³/mol. The minimum Gasteiger partial charge on any atom is -0.455 e. The molecular weight excluding hydrogens is 376 g/mol. The Labute approximate surface area is 160 Å². The first kappa shape index (κ1) is 20.7. The highest BCUT2D eigenvalue weighted by Crippen LogP contribution is 2.25. The second-order valence-corrected chi connectivity index (χ2v) is 6.66. The summed E-state index contributed by atoms with van der Waals surface area (Å²) in [5, 5.41) is 2.38. The topological polar surface area (TPSA) is 64.6 Å². The van der Waals surface area contributed by atoms with Gasteiger partial charge in [-0.05, 0) is 37.6 Å². The van der Waals surface area contributed by atoms with Crippen molar-refractivity contribution in [2.24, 2.45) is 0 Å². The highest BCUT2D eigenvalue weighted by Gasteiger charge is 2.13. The van der Waals surface area contributed by atoms with E-state index in [0.717, 1.165) is 16.0 Å². The Hall–Kier alpha value is -2.61. The maximum absolute atomic E-state index is 12.4. The van der Waals surface area contributed by atoms with Gasteiger partial charge in [-0.15, -0.1) is 11.8 Å². The smallest absolute Gasteiger partial charge is 0.387 e. The number of carbonyl (C=O) groups is 2. The summed E-state index contributed by atoms with van der Waals surface area (Å²) in [6.45, 7) is 0.374. The SMILES string of the molecule is Cc1ccc(C)c(SCC(=O)OCC(=O)Nc2ccccc2OC(F)F)c1. The van der Waals surface area contributed by atoms with Crippen molar-refractivity contribution in [3.05, 3.63) is 53.6 Å². The Morgan fingerprint density at radius 2 is 1.89 bits per heavy atom. The number of alkyl halides is 2. The van der Waals surface area contributed by atoms with Crippen molar-refractivity contribution in [2.75, 3.05) is 17.7 Å². The number of thioether (sulfide) groups is 1. The van der Waals surface area contributed by atoms with Crippen LogP contribution in [0.5, 0.6) is 5.75 Å². The molecule has 0 unspecified atom stereocenters. The van der Waals surface area contributed by atoms with Gasteiger partial charge < -0.3 is 14.8 Å². The lowest BCUT2D eigenvalue weighted by Gasteiger charge is -2.12. The Morgan fingerprint density at radius 1 is 1.15 bits per heavy atom. The van der Waals surface area contributed by atoms with Crippen LogP contribution in [0, 0.1) is 13.8 Å². The highest BCUT2D eigenvalue weighted by molar-refractivity contribution is 8.00.